The molecular weight excluding hydrogens is 364 g/mol. The van der Waals surface area contributed by atoms with Crippen LogP contribution in [-0.4, -0.2) is 71.9 Å². The van der Waals surface area contributed by atoms with E-state index in [0.717, 1.165) is 51.9 Å². The number of urea groups is 1. The van der Waals surface area contributed by atoms with Crippen molar-refractivity contribution in [1.82, 2.24) is 14.7 Å². The number of piperidine rings is 1. The first-order valence-corrected chi connectivity index (χ1v) is 11.0. The van der Waals surface area contributed by atoms with Gasteiger partial charge in [-0.3, -0.25) is 9.69 Å². The zero-order chi connectivity index (χ0) is 20.8. The number of nitrogens with zero attached hydrogens (tertiary/aromatic N) is 3. The molecule has 159 valence electrons. The molecular formula is C23H35N4O2. The van der Waals surface area contributed by atoms with Gasteiger partial charge in [-0.25, -0.2) is 4.79 Å². The van der Waals surface area contributed by atoms with Gasteiger partial charge in [0.25, 0.3) is 0 Å². The molecule has 0 aromatic heterocycles. The number of carbonyl (C=O) groups excluding carboxylic acids is 2. The van der Waals surface area contributed by atoms with Gasteiger partial charge in [-0.2, -0.15) is 0 Å². The Kier molecular flexibility index (Phi) is 7.53. The number of nitrogens with two attached hydrogens (primary N) is 1. The molecule has 2 N–H and O–H groups in total. The van der Waals surface area contributed by atoms with Crippen molar-refractivity contribution in [2.24, 2.45) is 5.73 Å². The van der Waals surface area contributed by atoms with Gasteiger partial charge < -0.3 is 15.5 Å². The number of aryl methyl sites for hydroxylation is 2. The fourth-order valence-corrected chi connectivity index (χ4v) is 4.57. The number of hydrogen-bond acceptors (Lipinski definition) is 3. The summed E-state index contributed by atoms with van der Waals surface area (Å²) in [6.07, 6.45) is 6.63. The molecule has 2 aliphatic heterocycles. The lowest BCUT2D eigenvalue weighted by Crippen LogP contribution is -2.55. The number of primary amides is 1. The van der Waals surface area contributed by atoms with E-state index in [1.165, 1.54) is 16.7 Å². The third kappa shape index (κ3) is 5.50. The third-order valence-electron chi connectivity index (χ3n) is 6.46. The van der Waals surface area contributed by atoms with E-state index >= 15 is 0 Å². The summed E-state index contributed by atoms with van der Waals surface area (Å²) in [5.41, 5.74) is 9.38. The van der Waals surface area contributed by atoms with Crippen LogP contribution in [0, 0.1) is 6.42 Å². The van der Waals surface area contributed by atoms with Gasteiger partial charge in [0.05, 0.1) is 6.42 Å². The van der Waals surface area contributed by atoms with E-state index < -0.39 is 0 Å². The Labute approximate surface area is 175 Å². The van der Waals surface area contributed by atoms with Crippen LogP contribution in [0.1, 0.15) is 43.4 Å². The van der Waals surface area contributed by atoms with Crippen LogP contribution in [0.3, 0.4) is 0 Å². The summed E-state index contributed by atoms with van der Waals surface area (Å²) >= 11 is 0. The molecule has 1 aromatic carbocycles. The van der Waals surface area contributed by atoms with Crippen molar-refractivity contribution in [1.29, 1.82) is 0 Å². The second kappa shape index (κ2) is 10.1. The van der Waals surface area contributed by atoms with E-state index in [9.17, 15) is 9.59 Å². The minimum atomic E-state index is -0.323. The fraction of sp³-hybridized carbons (Fsp3) is 0.609. The van der Waals surface area contributed by atoms with Gasteiger partial charge >= 0.3 is 6.03 Å². The largest absolute Gasteiger partial charge is 0.351 e. The van der Waals surface area contributed by atoms with Crippen molar-refractivity contribution in [2.45, 2.75) is 52.0 Å². The minimum Gasteiger partial charge on any atom is -0.351 e. The van der Waals surface area contributed by atoms with Crippen LogP contribution < -0.4 is 5.73 Å². The van der Waals surface area contributed by atoms with E-state index in [-0.39, 0.29) is 11.9 Å². The first kappa shape index (κ1) is 21.6. The van der Waals surface area contributed by atoms with Crippen LogP contribution in [0.4, 0.5) is 4.79 Å². The van der Waals surface area contributed by atoms with Gasteiger partial charge in [0, 0.05) is 45.3 Å². The van der Waals surface area contributed by atoms with Crippen LogP contribution in [0.2, 0.25) is 0 Å². The van der Waals surface area contributed by atoms with Crippen molar-refractivity contribution in [3.8, 4) is 0 Å². The average molecular weight is 400 g/mol. The number of hydrogen-bond donors (Lipinski definition) is 1. The lowest BCUT2D eigenvalue weighted by molar-refractivity contribution is -0.129. The molecule has 0 unspecified atom stereocenters. The van der Waals surface area contributed by atoms with Crippen molar-refractivity contribution in [3.63, 3.8) is 0 Å². The lowest BCUT2D eigenvalue weighted by atomic mass is 9.97. The maximum Gasteiger partial charge on any atom is 0.314 e. The summed E-state index contributed by atoms with van der Waals surface area (Å²) in [4.78, 5) is 30.1. The van der Waals surface area contributed by atoms with E-state index in [1.54, 1.807) is 4.90 Å². The second-order valence-electron chi connectivity index (χ2n) is 8.14. The summed E-state index contributed by atoms with van der Waals surface area (Å²) in [5.74, 6) is 0.152. The van der Waals surface area contributed by atoms with E-state index in [4.69, 9.17) is 5.73 Å². The monoisotopic (exact) mass is 399 g/mol. The highest BCUT2D eigenvalue weighted by Crippen LogP contribution is 2.20. The van der Waals surface area contributed by atoms with Gasteiger partial charge in [-0.15, -0.1) is 0 Å². The molecule has 1 radical (unpaired) electrons. The molecule has 2 saturated heterocycles. The predicted octanol–water partition coefficient (Wildman–Crippen LogP) is 2.25. The molecule has 0 spiro atoms. The first-order chi connectivity index (χ1) is 14.0. The Balaban J connectivity index is 1.43. The van der Waals surface area contributed by atoms with Crippen LogP contribution in [0.5, 0.6) is 0 Å². The molecule has 3 amide bonds. The van der Waals surface area contributed by atoms with Crippen molar-refractivity contribution >= 4 is 11.9 Å². The summed E-state index contributed by atoms with van der Waals surface area (Å²) < 4.78 is 0. The molecule has 6 nitrogen and oxygen atoms in total. The Morgan fingerprint density at radius 3 is 2.21 bits per heavy atom. The van der Waals surface area contributed by atoms with Gasteiger partial charge in [-0.1, -0.05) is 32.0 Å². The highest BCUT2D eigenvalue weighted by molar-refractivity contribution is 5.85. The Hall–Kier alpha value is -2.08. The van der Waals surface area contributed by atoms with Crippen LogP contribution in [-0.2, 0) is 24.1 Å². The molecule has 1 aromatic rings. The molecule has 29 heavy (non-hydrogen) atoms. The highest BCUT2D eigenvalue weighted by atomic mass is 16.2. The SMILES string of the molecule is CCc1ccc(C[CH]C(=O)N2CCC(N3CCN(C(N)=O)CC3)CC2)cc1CC. The zero-order valence-corrected chi connectivity index (χ0v) is 17.9. The van der Waals surface area contributed by atoms with Gasteiger partial charge in [0.2, 0.25) is 5.91 Å². The average Bonchev–Trinajstić information content (AvgIpc) is 2.77. The lowest BCUT2D eigenvalue weighted by Gasteiger charge is -2.42. The molecule has 2 fully saturated rings. The Bertz CT molecular complexity index is 705. The Morgan fingerprint density at radius 1 is 0.966 bits per heavy atom. The van der Waals surface area contributed by atoms with Gasteiger partial charge in [0.1, 0.15) is 0 Å². The van der Waals surface area contributed by atoms with Gasteiger partial charge in [-0.05, 0) is 48.8 Å². The first-order valence-electron chi connectivity index (χ1n) is 11.0. The molecule has 0 bridgehead atoms. The van der Waals surface area contributed by atoms with Crippen LogP contribution in [0.25, 0.3) is 0 Å². The normalized spacial score (nSPS) is 18.8. The number of rotatable bonds is 6. The smallest absolute Gasteiger partial charge is 0.314 e. The topological polar surface area (TPSA) is 69.9 Å². The van der Waals surface area contributed by atoms with Crippen LogP contribution in [0.15, 0.2) is 18.2 Å². The second-order valence-corrected chi connectivity index (χ2v) is 8.14. The summed E-state index contributed by atoms with van der Waals surface area (Å²) in [7, 11) is 0. The van der Waals surface area contributed by atoms with E-state index in [1.807, 2.05) is 11.3 Å². The number of amides is 3. The van der Waals surface area contributed by atoms with Crippen molar-refractivity contribution in [2.75, 3.05) is 39.3 Å². The standard InChI is InChI=1S/C23H35N4O2/c1-3-19-7-5-18(17-20(19)4-2)6-8-22(28)26-11-9-21(10-12-26)25-13-15-27(16-14-25)23(24)29/h5,7-8,17,21H,3-4,6,9-16H2,1-2H3,(H2,24,29). The maximum absolute atomic E-state index is 12.6. The molecule has 2 heterocycles. The fourth-order valence-electron chi connectivity index (χ4n) is 4.57. The summed E-state index contributed by atoms with van der Waals surface area (Å²) in [5, 5.41) is 0. The van der Waals surface area contributed by atoms with Crippen molar-refractivity contribution < 1.29 is 9.59 Å². The molecule has 2 aliphatic rings. The predicted molar refractivity (Wildman–Crippen MR) is 116 cm³/mol. The minimum absolute atomic E-state index is 0.152. The number of carbonyl (C=O) groups is 2. The van der Waals surface area contributed by atoms with Crippen molar-refractivity contribution in [3.05, 3.63) is 41.3 Å². The molecule has 0 atom stereocenters. The maximum atomic E-state index is 12.6. The van der Waals surface area contributed by atoms with E-state index in [2.05, 4.69) is 36.9 Å². The zero-order valence-electron chi connectivity index (χ0n) is 17.9. The molecule has 6 heteroatoms. The quantitative estimate of drug-likeness (QED) is 0.798. The van der Waals surface area contributed by atoms with Crippen LogP contribution >= 0.6 is 0 Å². The third-order valence-corrected chi connectivity index (χ3v) is 6.46. The van der Waals surface area contributed by atoms with E-state index in [0.29, 0.717) is 25.6 Å². The summed E-state index contributed by atoms with van der Waals surface area (Å²) in [6.45, 7) is 9.16. The highest BCUT2D eigenvalue weighted by Gasteiger charge is 2.29. The molecule has 0 saturated carbocycles. The Morgan fingerprint density at radius 2 is 1.62 bits per heavy atom. The molecule has 3 rings (SSSR count). The van der Waals surface area contributed by atoms with Gasteiger partial charge in [0.15, 0.2) is 0 Å². The molecule has 0 aliphatic carbocycles. The number of likely N-dealkylation sites (tertiary alicyclic amines) is 1. The summed E-state index contributed by atoms with van der Waals surface area (Å²) in [6, 6.07) is 6.79. The number of piperazine rings is 1. The number of benzene rings is 1.